The predicted molar refractivity (Wildman–Crippen MR) is 49.2 cm³/mol. The van der Waals surface area contributed by atoms with E-state index >= 15 is 0 Å². The summed E-state index contributed by atoms with van der Waals surface area (Å²) in [6, 6.07) is 2.13. The summed E-state index contributed by atoms with van der Waals surface area (Å²) in [6.45, 7) is 2.76. The van der Waals surface area contributed by atoms with E-state index in [1.54, 1.807) is 4.68 Å². The third-order valence-electron chi connectivity index (χ3n) is 1.79. The summed E-state index contributed by atoms with van der Waals surface area (Å²) in [7, 11) is 0. The Kier molecular flexibility index (Phi) is 3.71. The lowest BCUT2D eigenvalue weighted by atomic mass is 10.1. The molecule has 1 rings (SSSR count). The Morgan fingerprint density at radius 2 is 2.54 bits per heavy atom. The molecule has 0 aliphatic carbocycles. The molecule has 0 spiro atoms. The molecule has 0 aliphatic heterocycles. The molecular formula is C8H11ClN4. The Labute approximate surface area is 82.1 Å². The Morgan fingerprint density at radius 1 is 1.77 bits per heavy atom. The molecule has 0 fully saturated rings. The smallest absolute Gasteiger partial charge is 0.138 e. The average molecular weight is 199 g/mol. The summed E-state index contributed by atoms with van der Waals surface area (Å²) in [5.41, 5.74) is 0. The van der Waals surface area contributed by atoms with E-state index in [2.05, 4.69) is 16.2 Å². The molecule has 0 aliphatic rings. The van der Waals surface area contributed by atoms with Gasteiger partial charge >= 0.3 is 0 Å². The van der Waals surface area contributed by atoms with Crippen molar-refractivity contribution in [2.45, 2.75) is 19.9 Å². The fraction of sp³-hybridized carbons (Fsp3) is 0.625. The number of halogens is 1. The molecule has 70 valence electrons. The maximum absolute atomic E-state index is 8.70. The molecular weight excluding hydrogens is 188 g/mol. The summed E-state index contributed by atoms with van der Waals surface area (Å²) in [6.07, 6.45) is 2.08. The second kappa shape index (κ2) is 4.83. The first-order valence-electron chi connectivity index (χ1n) is 4.14. The van der Waals surface area contributed by atoms with Gasteiger partial charge in [-0.05, 0) is 6.92 Å². The zero-order chi connectivity index (χ0) is 9.68. The van der Waals surface area contributed by atoms with Gasteiger partial charge in [-0.15, -0.1) is 11.6 Å². The van der Waals surface area contributed by atoms with Crippen LogP contribution in [0, 0.1) is 17.2 Å². The van der Waals surface area contributed by atoms with E-state index in [1.807, 2.05) is 6.92 Å². The Hall–Kier alpha value is -1.08. The summed E-state index contributed by atoms with van der Waals surface area (Å²) in [5.74, 6) is 0.999. The number of nitriles is 1. The van der Waals surface area contributed by atoms with Crippen LogP contribution in [0.5, 0.6) is 0 Å². The van der Waals surface area contributed by atoms with Crippen molar-refractivity contribution in [3.8, 4) is 6.07 Å². The van der Waals surface area contributed by atoms with E-state index in [0.717, 1.165) is 12.4 Å². The van der Waals surface area contributed by atoms with Gasteiger partial charge in [-0.2, -0.15) is 10.4 Å². The van der Waals surface area contributed by atoms with E-state index in [-0.39, 0.29) is 5.92 Å². The van der Waals surface area contributed by atoms with Crippen molar-refractivity contribution < 1.29 is 0 Å². The topological polar surface area (TPSA) is 54.5 Å². The minimum absolute atomic E-state index is 0.170. The number of alkyl halides is 1. The molecule has 0 N–H and O–H groups in total. The lowest BCUT2D eigenvalue weighted by molar-refractivity contribution is 0.584. The molecule has 0 bridgehead atoms. The normalized spacial score (nSPS) is 12.4. The quantitative estimate of drug-likeness (QED) is 0.684. The number of aromatic nitrogens is 3. The second-order valence-electron chi connectivity index (χ2n) is 2.68. The van der Waals surface area contributed by atoms with Crippen molar-refractivity contribution in [3.63, 3.8) is 0 Å². The highest BCUT2D eigenvalue weighted by atomic mass is 35.5. The molecule has 1 unspecified atom stereocenters. The van der Waals surface area contributed by atoms with Gasteiger partial charge in [0.25, 0.3) is 0 Å². The summed E-state index contributed by atoms with van der Waals surface area (Å²) in [5, 5.41) is 12.7. The van der Waals surface area contributed by atoms with Gasteiger partial charge in [-0.1, -0.05) is 0 Å². The zero-order valence-electron chi connectivity index (χ0n) is 7.44. The fourth-order valence-electron chi connectivity index (χ4n) is 1.07. The van der Waals surface area contributed by atoms with Gasteiger partial charge in [0.15, 0.2) is 0 Å². The van der Waals surface area contributed by atoms with E-state index in [4.69, 9.17) is 16.9 Å². The van der Waals surface area contributed by atoms with Crippen LogP contribution in [0.2, 0.25) is 0 Å². The SMILES string of the molecule is CCn1ncnc1CC(C#N)CCl. The minimum atomic E-state index is -0.170. The summed E-state index contributed by atoms with van der Waals surface area (Å²) in [4.78, 5) is 4.06. The van der Waals surface area contributed by atoms with Gasteiger partial charge in [-0.25, -0.2) is 4.98 Å². The van der Waals surface area contributed by atoms with Crippen molar-refractivity contribution in [1.82, 2.24) is 14.8 Å². The maximum Gasteiger partial charge on any atom is 0.138 e. The molecule has 1 atom stereocenters. The van der Waals surface area contributed by atoms with Crippen LogP contribution in [-0.2, 0) is 13.0 Å². The maximum atomic E-state index is 8.70. The van der Waals surface area contributed by atoms with Crippen molar-refractivity contribution in [2.24, 2.45) is 5.92 Å². The van der Waals surface area contributed by atoms with E-state index in [1.165, 1.54) is 6.33 Å². The number of aryl methyl sites for hydroxylation is 1. The molecule has 0 saturated heterocycles. The Bertz CT molecular complexity index is 301. The molecule has 0 amide bonds. The number of rotatable bonds is 4. The van der Waals surface area contributed by atoms with Crippen LogP contribution < -0.4 is 0 Å². The minimum Gasteiger partial charge on any atom is -0.250 e. The molecule has 0 radical (unpaired) electrons. The lowest BCUT2D eigenvalue weighted by Gasteiger charge is -2.04. The number of nitrogens with zero attached hydrogens (tertiary/aromatic N) is 4. The second-order valence-corrected chi connectivity index (χ2v) is 2.99. The lowest BCUT2D eigenvalue weighted by Crippen LogP contribution is -2.10. The van der Waals surface area contributed by atoms with Gasteiger partial charge < -0.3 is 0 Å². The van der Waals surface area contributed by atoms with E-state index in [9.17, 15) is 0 Å². The van der Waals surface area contributed by atoms with Gasteiger partial charge in [0, 0.05) is 18.8 Å². The van der Waals surface area contributed by atoms with Gasteiger partial charge in [0.05, 0.1) is 12.0 Å². The van der Waals surface area contributed by atoms with Crippen LogP contribution in [0.1, 0.15) is 12.7 Å². The first kappa shape index (κ1) is 10.0. The third-order valence-corrected chi connectivity index (χ3v) is 2.17. The zero-order valence-corrected chi connectivity index (χ0v) is 8.20. The van der Waals surface area contributed by atoms with Crippen molar-refractivity contribution in [2.75, 3.05) is 5.88 Å². The van der Waals surface area contributed by atoms with Crippen LogP contribution in [0.25, 0.3) is 0 Å². The molecule has 5 heteroatoms. The average Bonchev–Trinajstić information content (AvgIpc) is 2.61. The van der Waals surface area contributed by atoms with Gasteiger partial charge in [-0.3, -0.25) is 4.68 Å². The van der Waals surface area contributed by atoms with E-state index in [0.29, 0.717) is 12.3 Å². The van der Waals surface area contributed by atoms with Crippen LogP contribution in [0.3, 0.4) is 0 Å². The molecule has 1 aromatic heterocycles. The standard InChI is InChI=1S/C8H11ClN4/c1-2-13-8(11-6-12-13)3-7(4-9)5-10/h6-7H,2-4H2,1H3. The highest BCUT2D eigenvalue weighted by molar-refractivity contribution is 6.18. The van der Waals surface area contributed by atoms with Crippen LogP contribution >= 0.6 is 11.6 Å². The largest absolute Gasteiger partial charge is 0.250 e. The van der Waals surface area contributed by atoms with E-state index < -0.39 is 0 Å². The van der Waals surface area contributed by atoms with Crippen molar-refractivity contribution >= 4 is 11.6 Å². The molecule has 13 heavy (non-hydrogen) atoms. The molecule has 0 aromatic carbocycles. The summed E-state index contributed by atoms with van der Waals surface area (Å²) < 4.78 is 1.77. The monoisotopic (exact) mass is 198 g/mol. The van der Waals surface area contributed by atoms with Gasteiger partial charge in [0.2, 0.25) is 0 Å². The third kappa shape index (κ3) is 2.43. The molecule has 1 heterocycles. The first-order chi connectivity index (χ1) is 6.31. The first-order valence-corrected chi connectivity index (χ1v) is 4.67. The highest BCUT2D eigenvalue weighted by Crippen LogP contribution is 2.06. The fourth-order valence-corrected chi connectivity index (χ4v) is 1.24. The predicted octanol–water partition coefficient (Wildman–Crippen LogP) is 1.22. The van der Waals surface area contributed by atoms with Crippen LogP contribution in [0.15, 0.2) is 6.33 Å². The molecule has 4 nitrogen and oxygen atoms in total. The number of hydrogen-bond acceptors (Lipinski definition) is 3. The highest BCUT2D eigenvalue weighted by Gasteiger charge is 2.11. The van der Waals surface area contributed by atoms with Crippen molar-refractivity contribution in [1.29, 1.82) is 5.26 Å². The Balaban J connectivity index is 2.68. The number of hydrogen-bond donors (Lipinski definition) is 0. The van der Waals surface area contributed by atoms with Crippen molar-refractivity contribution in [3.05, 3.63) is 12.2 Å². The van der Waals surface area contributed by atoms with Crippen LogP contribution in [0.4, 0.5) is 0 Å². The summed E-state index contributed by atoms with van der Waals surface area (Å²) >= 11 is 5.60. The molecule has 1 aromatic rings. The Morgan fingerprint density at radius 3 is 3.08 bits per heavy atom. The molecule has 0 saturated carbocycles. The van der Waals surface area contributed by atoms with Crippen LogP contribution in [-0.4, -0.2) is 20.6 Å². The van der Waals surface area contributed by atoms with Gasteiger partial charge in [0.1, 0.15) is 12.2 Å².